The quantitative estimate of drug-likeness (QED) is 0.267. The molecule has 2 unspecified atom stereocenters. The van der Waals surface area contributed by atoms with Crippen molar-refractivity contribution in [3.63, 3.8) is 0 Å². The van der Waals surface area contributed by atoms with Gasteiger partial charge in [0.1, 0.15) is 0 Å². The standard InChI is InChI=1S/C31H34F4O/c1-3-5-20-7-10-22(11-8-20)25-17-18-27(31(35)29(25)33)26-16-13-23(28(32)30(26)34)12-15-24-14-9-21(6-4-2)19-36-24/h7-8,10-11,13,16-18,21,24H,3-6,9,12,14-15,19H2,1-2H3. The predicted octanol–water partition coefficient (Wildman–Crippen LogP) is 9.06. The van der Waals surface area contributed by atoms with Gasteiger partial charge >= 0.3 is 0 Å². The van der Waals surface area contributed by atoms with Crippen molar-refractivity contribution in [2.45, 2.75) is 71.3 Å². The van der Waals surface area contributed by atoms with Crippen LogP contribution in [0.1, 0.15) is 63.5 Å². The Bertz CT molecular complexity index is 1160. The second kappa shape index (κ2) is 12.1. The van der Waals surface area contributed by atoms with E-state index >= 15 is 8.78 Å². The minimum Gasteiger partial charge on any atom is -0.378 e. The largest absolute Gasteiger partial charge is 0.378 e. The van der Waals surface area contributed by atoms with Gasteiger partial charge in [-0.05, 0) is 61.1 Å². The van der Waals surface area contributed by atoms with Crippen LogP contribution in [0.4, 0.5) is 17.6 Å². The molecule has 0 bridgehead atoms. The molecule has 0 aliphatic carbocycles. The molecule has 1 saturated heterocycles. The maximum atomic E-state index is 15.0. The molecule has 3 aromatic rings. The molecular formula is C31H34F4O. The molecule has 1 nitrogen and oxygen atoms in total. The van der Waals surface area contributed by atoms with Crippen LogP contribution in [0.3, 0.4) is 0 Å². The highest BCUT2D eigenvalue weighted by molar-refractivity contribution is 5.72. The molecule has 3 aromatic carbocycles. The molecule has 4 rings (SSSR count). The molecule has 0 spiro atoms. The van der Waals surface area contributed by atoms with Gasteiger partial charge in [-0.3, -0.25) is 0 Å². The van der Waals surface area contributed by atoms with Crippen LogP contribution < -0.4 is 0 Å². The van der Waals surface area contributed by atoms with Crippen molar-refractivity contribution in [2.75, 3.05) is 6.61 Å². The highest BCUT2D eigenvalue weighted by atomic mass is 19.2. The average molecular weight is 499 g/mol. The zero-order valence-corrected chi connectivity index (χ0v) is 21.1. The van der Waals surface area contributed by atoms with Crippen LogP contribution in [0.2, 0.25) is 0 Å². The maximum absolute atomic E-state index is 15.0. The van der Waals surface area contributed by atoms with Crippen molar-refractivity contribution < 1.29 is 22.3 Å². The van der Waals surface area contributed by atoms with E-state index in [1.54, 1.807) is 12.1 Å². The second-order valence-electron chi connectivity index (χ2n) is 9.86. The van der Waals surface area contributed by atoms with E-state index < -0.39 is 23.3 Å². The number of rotatable bonds is 9. The van der Waals surface area contributed by atoms with Gasteiger partial charge in [-0.2, -0.15) is 0 Å². The fraction of sp³-hybridized carbons (Fsp3) is 0.419. The minimum absolute atomic E-state index is 0.0374. The lowest BCUT2D eigenvalue weighted by molar-refractivity contribution is -0.0216. The smallest absolute Gasteiger partial charge is 0.167 e. The number of halogens is 4. The van der Waals surface area contributed by atoms with Crippen LogP contribution in [0.15, 0.2) is 48.5 Å². The predicted molar refractivity (Wildman–Crippen MR) is 137 cm³/mol. The van der Waals surface area contributed by atoms with Crippen LogP contribution in [-0.2, 0) is 17.6 Å². The molecule has 1 aliphatic heterocycles. The van der Waals surface area contributed by atoms with E-state index in [9.17, 15) is 8.78 Å². The molecule has 5 heteroatoms. The van der Waals surface area contributed by atoms with Crippen molar-refractivity contribution in [2.24, 2.45) is 5.92 Å². The number of aryl methyl sites for hydroxylation is 2. The van der Waals surface area contributed by atoms with Gasteiger partial charge in [0.2, 0.25) is 0 Å². The Hall–Kier alpha value is -2.66. The van der Waals surface area contributed by atoms with E-state index in [1.165, 1.54) is 24.3 Å². The first kappa shape index (κ1) is 26.4. The first-order valence-corrected chi connectivity index (χ1v) is 13.1. The van der Waals surface area contributed by atoms with Gasteiger partial charge in [0.25, 0.3) is 0 Å². The van der Waals surface area contributed by atoms with Crippen LogP contribution >= 0.6 is 0 Å². The maximum Gasteiger partial charge on any atom is 0.167 e. The van der Waals surface area contributed by atoms with E-state index in [4.69, 9.17) is 4.74 Å². The molecule has 0 N–H and O–H groups in total. The van der Waals surface area contributed by atoms with E-state index in [0.29, 0.717) is 24.3 Å². The molecule has 1 aliphatic rings. The number of benzene rings is 3. The Balaban J connectivity index is 1.49. The summed E-state index contributed by atoms with van der Waals surface area (Å²) in [6.45, 7) is 4.95. The third-order valence-corrected chi connectivity index (χ3v) is 7.24. The Kier molecular flexibility index (Phi) is 8.84. The fourth-order valence-electron chi connectivity index (χ4n) is 5.15. The van der Waals surface area contributed by atoms with Crippen LogP contribution in [-0.4, -0.2) is 12.7 Å². The molecule has 0 saturated carbocycles. The summed E-state index contributed by atoms with van der Waals surface area (Å²) >= 11 is 0. The summed E-state index contributed by atoms with van der Waals surface area (Å²) in [5, 5.41) is 0. The summed E-state index contributed by atoms with van der Waals surface area (Å²) in [7, 11) is 0. The lowest BCUT2D eigenvalue weighted by Crippen LogP contribution is -2.26. The molecule has 0 amide bonds. The van der Waals surface area contributed by atoms with Crippen molar-refractivity contribution >= 4 is 0 Å². The van der Waals surface area contributed by atoms with Crippen LogP contribution in [0.5, 0.6) is 0 Å². The SMILES string of the molecule is CCCc1ccc(-c2ccc(-c3ccc(CCC4CCC(CCC)CO4)c(F)c3F)c(F)c2F)cc1. The average Bonchev–Trinajstić information content (AvgIpc) is 2.89. The molecule has 1 heterocycles. The molecule has 1 fully saturated rings. The molecule has 2 atom stereocenters. The molecule has 36 heavy (non-hydrogen) atoms. The zero-order chi connectivity index (χ0) is 25.7. The normalized spacial score (nSPS) is 17.9. The van der Waals surface area contributed by atoms with Gasteiger partial charge in [-0.1, -0.05) is 75.2 Å². The van der Waals surface area contributed by atoms with Crippen LogP contribution in [0, 0.1) is 29.2 Å². The summed E-state index contributed by atoms with van der Waals surface area (Å²) in [6.07, 6.45) is 7.17. The highest BCUT2D eigenvalue weighted by Crippen LogP contribution is 2.34. The van der Waals surface area contributed by atoms with Crippen molar-refractivity contribution in [1.29, 1.82) is 0 Å². The Labute approximate surface area is 211 Å². The topological polar surface area (TPSA) is 9.23 Å². The van der Waals surface area contributed by atoms with E-state index in [2.05, 4.69) is 13.8 Å². The molecule has 0 aromatic heterocycles. The van der Waals surface area contributed by atoms with Crippen molar-refractivity contribution in [3.05, 3.63) is 82.9 Å². The molecule has 192 valence electrons. The number of hydrogen-bond acceptors (Lipinski definition) is 1. The van der Waals surface area contributed by atoms with Gasteiger partial charge < -0.3 is 4.74 Å². The highest BCUT2D eigenvalue weighted by Gasteiger charge is 2.24. The fourth-order valence-corrected chi connectivity index (χ4v) is 5.15. The van der Waals surface area contributed by atoms with E-state index in [1.807, 2.05) is 12.1 Å². The van der Waals surface area contributed by atoms with E-state index in [-0.39, 0.29) is 28.4 Å². The summed E-state index contributed by atoms with van der Waals surface area (Å²) < 4.78 is 65.9. The molecule has 0 radical (unpaired) electrons. The summed E-state index contributed by atoms with van der Waals surface area (Å²) in [5.41, 5.74) is 1.39. The van der Waals surface area contributed by atoms with Crippen LogP contribution in [0.25, 0.3) is 22.3 Å². The summed E-state index contributed by atoms with van der Waals surface area (Å²) in [6, 6.07) is 12.8. The Morgan fingerprint density at radius 2 is 1.31 bits per heavy atom. The Morgan fingerprint density at radius 3 is 1.94 bits per heavy atom. The van der Waals surface area contributed by atoms with Crippen molar-refractivity contribution in [3.8, 4) is 22.3 Å². The monoisotopic (exact) mass is 498 g/mol. The van der Waals surface area contributed by atoms with Gasteiger partial charge in [-0.15, -0.1) is 0 Å². The van der Waals surface area contributed by atoms with Gasteiger partial charge in [0.15, 0.2) is 23.3 Å². The van der Waals surface area contributed by atoms with Crippen molar-refractivity contribution in [1.82, 2.24) is 0 Å². The lowest BCUT2D eigenvalue weighted by Gasteiger charge is -2.29. The zero-order valence-electron chi connectivity index (χ0n) is 21.1. The lowest BCUT2D eigenvalue weighted by atomic mass is 9.92. The summed E-state index contributed by atoms with van der Waals surface area (Å²) in [4.78, 5) is 0. The first-order chi connectivity index (χ1) is 17.4. The summed E-state index contributed by atoms with van der Waals surface area (Å²) in [5.74, 6) is -3.84. The minimum atomic E-state index is -1.19. The Morgan fingerprint density at radius 1 is 0.667 bits per heavy atom. The van der Waals surface area contributed by atoms with Gasteiger partial charge in [0, 0.05) is 23.3 Å². The number of hydrogen-bond donors (Lipinski definition) is 0. The number of ether oxygens (including phenoxy) is 1. The van der Waals surface area contributed by atoms with Gasteiger partial charge in [0.05, 0.1) is 6.10 Å². The first-order valence-electron chi connectivity index (χ1n) is 13.1. The molecular weight excluding hydrogens is 464 g/mol. The van der Waals surface area contributed by atoms with Gasteiger partial charge in [-0.25, -0.2) is 17.6 Å². The third-order valence-electron chi connectivity index (χ3n) is 7.24. The third kappa shape index (κ3) is 5.83. The second-order valence-corrected chi connectivity index (χ2v) is 9.86. The van der Waals surface area contributed by atoms with E-state index in [0.717, 1.165) is 50.7 Å².